The molecule has 11 heteroatoms. The maximum atomic E-state index is 15.2. The van der Waals surface area contributed by atoms with E-state index in [1.165, 1.54) is 6.07 Å². The van der Waals surface area contributed by atoms with E-state index in [1.54, 1.807) is 18.9 Å². The van der Waals surface area contributed by atoms with E-state index in [1.807, 2.05) is 18.7 Å². The number of rotatable bonds is 13. The van der Waals surface area contributed by atoms with Gasteiger partial charge in [-0.1, -0.05) is 20.3 Å². The van der Waals surface area contributed by atoms with Gasteiger partial charge in [0.1, 0.15) is 25.4 Å². The molecular formula is C34H44FN4O5P. The molecule has 3 heterocycles. The molecule has 9 nitrogen and oxygen atoms in total. The summed E-state index contributed by atoms with van der Waals surface area (Å²) in [5, 5.41) is 3.54. The van der Waals surface area contributed by atoms with E-state index in [2.05, 4.69) is 14.6 Å². The minimum absolute atomic E-state index is 0.0517. The molecule has 242 valence electrons. The number of benzene rings is 1. The van der Waals surface area contributed by atoms with Crippen molar-refractivity contribution < 1.29 is 28.3 Å². The predicted octanol–water partition coefficient (Wildman–Crippen LogP) is 4.98. The van der Waals surface area contributed by atoms with Crippen molar-refractivity contribution in [3.8, 4) is 0 Å². The number of nitrogens with zero attached hydrogens (tertiary/aromatic N) is 3. The van der Waals surface area contributed by atoms with Gasteiger partial charge in [0.2, 0.25) is 11.8 Å². The number of aromatic nitrogens is 1. The highest BCUT2D eigenvalue weighted by molar-refractivity contribution is 7.16. The zero-order valence-electron chi connectivity index (χ0n) is 26.7. The number of carbonyl (C=O) groups excluding carboxylic acids is 4. The van der Waals surface area contributed by atoms with Crippen LogP contribution in [-0.4, -0.2) is 65.3 Å². The van der Waals surface area contributed by atoms with Gasteiger partial charge in [-0.15, -0.1) is 9.24 Å². The first-order valence-corrected chi connectivity index (χ1v) is 16.9. The molecule has 0 bridgehead atoms. The molecule has 45 heavy (non-hydrogen) atoms. The lowest BCUT2D eigenvalue weighted by atomic mass is 9.80. The Kier molecular flexibility index (Phi) is 10.3. The molecule has 1 N–H and O–H groups in total. The fourth-order valence-electron chi connectivity index (χ4n) is 7.30. The van der Waals surface area contributed by atoms with Crippen LogP contribution in [0.3, 0.4) is 0 Å². The smallest absolute Gasteiger partial charge is 0.250 e. The van der Waals surface area contributed by atoms with Crippen molar-refractivity contribution in [2.45, 2.75) is 90.8 Å². The normalized spacial score (nSPS) is 19.4. The number of halogens is 1. The summed E-state index contributed by atoms with van der Waals surface area (Å²) in [5.41, 5.74) is 6.18. The molecule has 2 aliphatic heterocycles. The lowest BCUT2D eigenvalue weighted by Crippen LogP contribution is -2.38. The van der Waals surface area contributed by atoms with E-state index >= 15 is 4.39 Å². The van der Waals surface area contributed by atoms with Gasteiger partial charge >= 0.3 is 0 Å². The van der Waals surface area contributed by atoms with Crippen molar-refractivity contribution in [1.29, 1.82) is 0 Å². The van der Waals surface area contributed by atoms with E-state index in [4.69, 9.17) is 9.72 Å². The van der Waals surface area contributed by atoms with Crippen LogP contribution in [0.25, 0.3) is 10.9 Å². The molecule has 0 saturated heterocycles. The van der Waals surface area contributed by atoms with Crippen molar-refractivity contribution in [2.24, 2.45) is 5.92 Å². The Morgan fingerprint density at radius 2 is 2.09 bits per heavy atom. The monoisotopic (exact) mass is 638 g/mol. The SMILES string of the molecule is CCCC1=C(C(C=O)CC)CC2c3nc4cc(F)c(C)c5c4c(c3CN2C1=O)C(N(C)C(=O)COCNC(=O)CCCP)CC5. The largest absolute Gasteiger partial charge is 0.351 e. The van der Waals surface area contributed by atoms with Crippen LogP contribution < -0.4 is 5.32 Å². The highest BCUT2D eigenvalue weighted by atomic mass is 31.0. The number of aldehydes is 1. The number of amides is 3. The zero-order valence-corrected chi connectivity index (χ0v) is 27.9. The molecule has 4 unspecified atom stereocenters. The van der Waals surface area contributed by atoms with Gasteiger partial charge < -0.3 is 24.6 Å². The van der Waals surface area contributed by atoms with Gasteiger partial charge in [-0.25, -0.2) is 4.39 Å². The number of aryl methyl sites for hydroxylation is 1. The first-order valence-electron chi connectivity index (χ1n) is 16.1. The van der Waals surface area contributed by atoms with Crippen molar-refractivity contribution in [1.82, 2.24) is 20.1 Å². The second-order valence-electron chi connectivity index (χ2n) is 12.3. The minimum Gasteiger partial charge on any atom is -0.351 e. The summed E-state index contributed by atoms with van der Waals surface area (Å²) in [6.07, 6.45) is 6.63. The summed E-state index contributed by atoms with van der Waals surface area (Å²) in [7, 11) is 4.34. The number of hydrogen-bond donors (Lipinski definition) is 1. The Morgan fingerprint density at radius 3 is 2.78 bits per heavy atom. The van der Waals surface area contributed by atoms with Crippen molar-refractivity contribution in [2.75, 3.05) is 26.5 Å². The molecule has 3 amide bonds. The van der Waals surface area contributed by atoms with Crippen molar-refractivity contribution in [3.05, 3.63) is 51.0 Å². The van der Waals surface area contributed by atoms with Gasteiger partial charge in [-0.05, 0) is 73.9 Å². The van der Waals surface area contributed by atoms with Crippen LogP contribution in [0.5, 0.6) is 0 Å². The molecule has 2 aromatic rings. The van der Waals surface area contributed by atoms with Gasteiger partial charge in [0.15, 0.2) is 0 Å². The van der Waals surface area contributed by atoms with Crippen LogP contribution in [-0.2, 0) is 36.9 Å². The maximum Gasteiger partial charge on any atom is 0.250 e. The molecule has 1 aromatic carbocycles. The van der Waals surface area contributed by atoms with Gasteiger partial charge in [-0.2, -0.15) is 0 Å². The van der Waals surface area contributed by atoms with E-state index in [9.17, 15) is 19.2 Å². The lowest BCUT2D eigenvalue weighted by molar-refractivity contribution is -0.138. The summed E-state index contributed by atoms with van der Waals surface area (Å²) in [5.74, 6) is -1.08. The van der Waals surface area contributed by atoms with E-state index in [0.29, 0.717) is 56.1 Å². The topological polar surface area (TPSA) is 109 Å². The first kappa shape index (κ1) is 33.1. The van der Waals surface area contributed by atoms with Crippen LogP contribution in [0.4, 0.5) is 4.39 Å². The Hall–Kier alpha value is -3.23. The minimum atomic E-state index is -0.354. The van der Waals surface area contributed by atoms with Crippen LogP contribution in [0, 0.1) is 18.7 Å². The molecule has 4 atom stereocenters. The molecule has 0 spiro atoms. The summed E-state index contributed by atoms with van der Waals surface area (Å²) in [4.78, 5) is 60.0. The third-order valence-corrected chi connectivity index (χ3v) is 10.1. The molecule has 1 aromatic heterocycles. The molecular weight excluding hydrogens is 594 g/mol. The Labute approximate surface area is 266 Å². The Balaban J connectivity index is 1.51. The number of likely N-dealkylation sites (N-methyl/N-ethyl adjacent to an activating group) is 1. The van der Waals surface area contributed by atoms with Gasteiger partial charge in [0, 0.05) is 48.5 Å². The summed E-state index contributed by atoms with van der Waals surface area (Å²) >= 11 is 0. The standard InChI is InChI=1S/C34H44FN4O5P/c1-5-8-22-23(20(6-2)16-40)13-28-33-24(15-39(28)34(22)43)32-27(11-10-21-19(3)25(35)14-26(37-33)31(21)32)38(4)30(42)17-44-18-36-29(41)9-7-12-45/h14,16,20,27-28H,5-13,15,17-18,45H2,1-4H3,(H,36,41). The second-order valence-corrected chi connectivity index (χ2v) is 12.9. The summed E-state index contributed by atoms with van der Waals surface area (Å²) < 4.78 is 20.7. The molecule has 0 saturated carbocycles. The van der Waals surface area contributed by atoms with Gasteiger partial charge in [0.05, 0.1) is 23.3 Å². The molecule has 1 aliphatic carbocycles. The Bertz CT molecular complexity index is 1560. The molecule has 0 radical (unpaired) electrons. The van der Waals surface area contributed by atoms with Crippen LogP contribution >= 0.6 is 9.24 Å². The molecule has 3 aliphatic rings. The van der Waals surface area contributed by atoms with Crippen molar-refractivity contribution in [3.63, 3.8) is 0 Å². The van der Waals surface area contributed by atoms with Crippen molar-refractivity contribution >= 4 is 44.2 Å². The third-order valence-electron chi connectivity index (χ3n) is 9.74. The van der Waals surface area contributed by atoms with Crippen LogP contribution in [0.1, 0.15) is 98.8 Å². The van der Waals surface area contributed by atoms with Crippen LogP contribution in [0.2, 0.25) is 0 Å². The number of ether oxygens (including phenoxy) is 1. The maximum absolute atomic E-state index is 15.2. The average Bonchev–Trinajstić information content (AvgIpc) is 3.41. The molecule has 5 rings (SSSR count). The Morgan fingerprint density at radius 1 is 1.31 bits per heavy atom. The molecule has 0 fully saturated rings. The second kappa shape index (κ2) is 14.0. The third kappa shape index (κ3) is 6.16. The summed E-state index contributed by atoms with van der Waals surface area (Å²) in [6.45, 7) is 5.86. The van der Waals surface area contributed by atoms with E-state index < -0.39 is 0 Å². The number of pyridine rings is 1. The fraction of sp³-hybridized carbons (Fsp3) is 0.559. The van der Waals surface area contributed by atoms with Gasteiger partial charge in [-0.3, -0.25) is 19.4 Å². The van der Waals surface area contributed by atoms with E-state index in [-0.39, 0.29) is 54.9 Å². The number of fused-ring (bicyclic) bond motifs is 4. The average molecular weight is 639 g/mol. The van der Waals surface area contributed by atoms with E-state index in [0.717, 1.165) is 64.2 Å². The first-order chi connectivity index (χ1) is 21.7. The quantitative estimate of drug-likeness (QED) is 0.144. The fourth-order valence-corrected chi connectivity index (χ4v) is 7.50. The number of hydrogen-bond acceptors (Lipinski definition) is 6. The van der Waals surface area contributed by atoms with Gasteiger partial charge in [0.25, 0.3) is 5.91 Å². The highest BCUT2D eigenvalue weighted by Gasteiger charge is 2.45. The highest BCUT2D eigenvalue weighted by Crippen LogP contribution is 2.50. The number of carbonyl (C=O) groups is 4. The lowest BCUT2D eigenvalue weighted by Gasteiger charge is -2.35. The zero-order chi connectivity index (χ0) is 32.4. The number of nitrogens with one attached hydrogen (secondary N) is 1. The van der Waals surface area contributed by atoms with Crippen LogP contribution in [0.15, 0.2) is 17.2 Å². The summed E-state index contributed by atoms with van der Waals surface area (Å²) in [6, 6.07) is 0.789. The predicted molar refractivity (Wildman–Crippen MR) is 173 cm³/mol.